The number of rotatable bonds is 5. The van der Waals surface area contributed by atoms with Gasteiger partial charge in [0.05, 0.1) is 0 Å². The fraction of sp³-hybridized carbons (Fsp3) is 0. The van der Waals surface area contributed by atoms with E-state index >= 15 is 0 Å². The van der Waals surface area contributed by atoms with Crippen LogP contribution in [-0.4, -0.2) is 15.0 Å². The molecule has 14 aromatic rings. The molecule has 2 heterocycles. The average Bonchev–Trinajstić information content (AvgIpc) is 3.75. The first kappa shape index (κ1) is 35.8. The zero-order valence-corrected chi connectivity index (χ0v) is 35.0. The van der Waals surface area contributed by atoms with Gasteiger partial charge in [-0.2, -0.15) is 0 Å². The maximum atomic E-state index is 6.33. The first-order chi connectivity index (χ1) is 32.2. The molecule has 0 aliphatic heterocycles. The summed E-state index contributed by atoms with van der Waals surface area (Å²) in [7, 11) is 0. The number of hydrogen-bond donors (Lipinski definition) is 0. The lowest BCUT2D eigenvalue weighted by Gasteiger charge is -2.18. The fourth-order valence-electron chi connectivity index (χ4n) is 10.5. The molecule has 300 valence electrons. The zero-order valence-electron chi connectivity index (χ0n) is 35.0. The van der Waals surface area contributed by atoms with Crippen LogP contribution < -0.4 is 0 Å². The Morgan fingerprint density at radius 2 is 0.738 bits per heavy atom. The molecule has 0 radical (unpaired) electrons. The van der Waals surface area contributed by atoms with E-state index < -0.39 is 0 Å². The summed E-state index contributed by atoms with van der Waals surface area (Å²) in [5.41, 5.74) is 8.76. The molecular formula is C61H35N3O. The summed E-state index contributed by atoms with van der Waals surface area (Å²) in [6.07, 6.45) is 0. The van der Waals surface area contributed by atoms with Crippen molar-refractivity contribution in [1.82, 2.24) is 15.0 Å². The summed E-state index contributed by atoms with van der Waals surface area (Å²) in [5, 5.41) is 17.3. The van der Waals surface area contributed by atoms with Crippen molar-refractivity contribution in [2.24, 2.45) is 0 Å². The third kappa shape index (κ3) is 5.47. The van der Waals surface area contributed by atoms with Gasteiger partial charge in [0.2, 0.25) is 0 Å². The number of benzene rings is 11. The minimum absolute atomic E-state index is 0.581. The van der Waals surface area contributed by atoms with Crippen LogP contribution in [0.1, 0.15) is 0 Å². The van der Waals surface area contributed by atoms with Crippen molar-refractivity contribution in [3.8, 4) is 56.4 Å². The average molecular weight is 826 g/mol. The van der Waals surface area contributed by atoms with Gasteiger partial charge >= 0.3 is 0 Å². The maximum absolute atomic E-state index is 6.33. The topological polar surface area (TPSA) is 51.8 Å². The molecule has 2 aromatic heterocycles. The Bertz CT molecular complexity index is 4240. The summed E-state index contributed by atoms with van der Waals surface area (Å²) >= 11 is 0. The molecule has 4 nitrogen and oxygen atoms in total. The van der Waals surface area contributed by atoms with E-state index in [1.807, 2.05) is 42.5 Å². The molecule has 0 unspecified atom stereocenters. The van der Waals surface area contributed by atoms with Gasteiger partial charge in [-0.05, 0) is 117 Å². The van der Waals surface area contributed by atoms with Crippen LogP contribution in [0.3, 0.4) is 0 Å². The Morgan fingerprint density at radius 1 is 0.246 bits per heavy atom. The minimum Gasteiger partial charge on any atom is -0.456 e. The van der Waals surface area contributed by atoms with Gasteiger partial charge in [-0.15, -0.1) is 0 Å². The molecule has 0 N–H and O–H groups in total. The molecule has 0 saturated carbocycles. The van der Waals surface area contributed by atoms with E-state index in [1.54, 1.807) is 0 Å². The van der Waals surface area contributed by atoms with Crippen LogP contribution in [0, 0.1) is 0 Å². The number of hydrogen-bond acceptors (Lipinski definition) is 4. The zero-order chi connectivity index (χ0) is 42.6. The van der Waals surface area contributed by atoms with E-state index in [2.05, 4.69) is 170 Å². The maximum Gasteiger partial charge on any atom is 0.164 e. The lowest BCUT2D eigenvalue weighted by atomic mass is 9.85. The second-order valence-corrected chi connectivity index (χ2v) is 17.0. The molecule has 0 bridgehead atoms. The van der Waals surface area contributed by atoms with Crippen LogP contribution in [0.4, 0.5) is 0 Å². The first-order valence-corrected chi connectivity index (χ1v) is 22.1. The van der Waals surface area contributed by atoms with Gasteiger partial charge in [-0.25, -0.2) is 15.0 Å². The van der Waals surface area contributed by atoms with Crippen molar-refractivity contribution >= 4 is 86.6 Å². The third-order valence-corrected chi connectivity index (χ3v) is 13.4. The normalized spacial score (nSPS) is 12.0. The number of furan rings is 1. The van der Waals surface area contributed by atoms with Crippen LogP contribution in [0.5, 0.6) is 0 Å². The minimum atomic E-state index is 0.581. The summed E-state index contributed by atoms with van der Waals surface area (Å²) in [5.74, 6) is 1.79. The number of fused-ring (bicyclic) bond motifs is 5. The molecule has 0 amide bonds. The number of para-hydroxylation sites is 1. The van der Waals surface area contributed by atoms with Crippen LogP contribution in [0.2, 0.25) is 0 Å². The molecule has 0 aliphatic carbocycles. The van der Waals surface area contributed by atoms with E-state index in [-0.39, 0.29) is 0 Å². The first-order valence-electron chi connectivity index (χ1n) is 22.1. The predicted octanol–water partition coefficient (Wildman–Crippen LogP) is 16.5. The molecule has 0 spiro atoms. The van der Waals surface area contributed by atoms with Crippen molar-refractivity contribution in [2.75, 3.05) is 0 Å². The van der Waals surface area contributed by atoms with Crippen LogP contribution in [-0.2, 0) is 0 Å². The van der Waals surface area contributed by atoms with E-state index in [4.69, 9.17) is 19.4 Å². The van der Waals surface area contributed by atoms with E-state index in [0.29, 0.717) is 17.5 Å². The molecule has 0 aliphatic rings. The quantitative estimate of drug-likeness (QED) is 0.162. The Morgan fingerprint density at radius 3 is 1.43 bits per heavy atom. The lowest BCUT2D eigenvalue weighted by Crippen LogP contribution is -2.01. The van der Waals surface area contributed by atoms with Gasteiger partial charge in [-0.3, -0.25) is 0 Å². The Labute approximate surface area is 373 Å². The smallest absolute Gasteiger partial charge is 0.164 e. The van der Waals surface area contributed by atoms with Crippen LogP contribution in [0.25, 0.3) is 143 Å². The van der Waals surface area contributed by atoms with Gasteiger partial charge in [0.1, 0.15) is 11.2 Å². The molecular weight excluding hydrogens is 791 g/mol. The molecule has 0 fully saturated rings. The van der Waals surface area contributed by atoms with Gasteiger partial charge in [0.25, 0.3) is 0 Å². The molecule has 12 aromatic carbocycles. The fourth-order valence-corrected chi connectivity index (χ4v) is 10.5. The highest BCUT2D eigenvalue weighted by molar-refractivity contribution is 6.37. The van der Waals surface area contributed by atoms with Crippen molar-refractivity contribution in [3.05, 3.63) is 212 Å². The standard InChI is InChI=1S/C61H35N3O/c1-2-13-39(14-3-1)59-62-60(41-31-32-47-46-21-8-9-26-53(46)65-54(47)35-41)64-61(63-59)51-22-7-6-20-45(51)44-19-5-4-18-43(44)42-33-40-30-29-38-16-11-24-49-48-23-10-15-36-27-28-37-17-12-25-50(57(37)55(36)48)52(34-42)58(40)56(38)49/h1-35H. The van der Waals surface area contributed by atoms with Crippen molar-refractivity contribution in [1.29, 1.82) is 0 Å². The molecule has 0 atom stereocenters. The summed E-state index contributed by atoms with van der Waals surface area (Å²) in [6, 6.07) is 76.1. The SMILES string of the molecule is c1ccc(-c2nc(-c3ccc4c(c3)oc3ccccc34)nc(-c3ccccc3-c3ccccc3-c3cc4ccc5cccc6c7cccc8ccc9cccc(c(c3)c4c56)c9c87)n2)cc1. The Kier molecular flexibility index (Phi) is 7.65. The highest BCUT2D eigenvalue weighted by Crippen LogP contribution is 2.46. The number of nitrogens with zero attached hydrogens (tertiary/aromatic N) is 3. The van der Waals surface area contributed by atoms with Crippen molar-refractivity contribution in [2.45, 2.75) is 0 Å². The second-order valence-electron chi connectivity index (χ2n) is 17.0. The highest BCUT2D eigenvalue weighted by Gasteiger charge is 2.21. The summed E-state index contributed by atoms with van der Waals surface area (Å²) < 4.78 is 6.33. The van der Waals surface area contributed by atoms with Gasteiger partial charge < -0.3 is 4.42 Å². The van der Waals surface area contributed by atoms with Crippen LogP contribution in [0.15, 0.2) is 217 Å². The van der Waals surface area contributed by atoms with E-state index in [9.17, 15) is 0 Å². The third-order valence-electron chi connectivity index (χ3n) is 13.4. The van der Waals surface area contributed by atoms with Crippen molar-refractivity contribution in [3.63, 3.8) is 0 Å². The van der Waals surface area contributed by atoms with Gasteiger partial charge in [-0.1, -0.05) is 182 Å². The Hall–Kier alpha value is -8.73. The monoisotopic (exact) mass is 825 g/mol. The van der Waals surface area contributed by atoms with E-state index in [1.165, 1.54) is 64.6 Å². The molecule has 4 heteroatoms. The van der Waals surface area contributed by atoms with Gasteiger partial charge in [0, 0.05) is 27.5 Å². The highest BCUT2D eigenvalue weighted by atomic mass is 16.3. The lowest BCUT2D eigenvalue weighted by molar-refractivity contribution is 0.669. The van der Waals surface area contributed by atoms with Crippen LogP contribution >= 0.6 is 0 Å². The molecule has 14 rings (SSSR count). The number of aromatic nitrogens is 3. The predicted molar refractivity (Wildman–Crippen MR) is 271 cm³/mol. The summed E-state index contributed by atoms with van der Waals surface area (Å²) in [6.45, 7) is 0. The summed E-state index contributed by atoms with van der Waals surface area (Å²) in [4.78, 5) is 15.6. The second kappa shape index (κ2) is 13.9. The molecule has 0 saturated heterocycles. The largest absolute Gasteiger partial charge is 0.456 e. The Balaban J connectivity index is 1.01. The van der Waals surface area contributed by atoms with Gasteiger partial charge in [0.15, 0.2) is 17.5 Å². The van der Waals surface area contributed by atoms with E-state index in [0.717, 1.165) is 60.9 Å². The molecule has 65 heavy (non-hydrogen) atoms. The van der Waals surface area contributed by atoms with Crippen molar-refractivity contribution < 1.29 is 4.42 Å².